The molecule has 2 aromatic rings. The maximum Gasteiger partial charge on any atom is 0.175 e. The van der Waals surface area contributed by atoms with E-state index in [1.165, 1.54) is 12.1 Å². The van der Waals surface area contributed by atoms with E-state index in [0.29, 0.717) is 19.6 Å². The highest BCUT2D eigenvalue weighted by Crippen LogP contribution is 2.54. The third kappa shape index (κ3) is 3.48. The highest BCUT2D eigenvalue weighted by atomic mass is 19.1. The third-order valence-electron chi connectivity index (χ3n) is 6.61. The van der Waals surface area contributed by atoms with E-state index in [9.17, 15) is 13.6 Å². The molecule has 3 aliphatic rings. The average Bonchev–Trinajstić information content (AvgIpc) is 3.32. The molecule has 2 aliphatic carbocycles. The highest BCUT2D eigenvalue weighted by molar-refractivity contribution is 5.84. The van der Waals surface area contributed by atoms with E-state index in [-0.39, 0.29) is 42.2 Å². The largest absolute Gasteiger partial charge is 0.347 e. The van der Waals surface area contributed by atoms with Gasteiger partial charge in [0.2, 0.25) is 0 Å². The summed E-state index contributed by atoms with van der Waals surface area (Å²) in [6.45, 7) is 1.02. The molecule has 0 bridgehead atoms. The average molecular weight is 411 g/mol. The molecule has 5 rings (SSSR count). The van der Waals surface area contributed by atoms with Crippen LogP contribution in [0.15, 0.2) is 48.7 Å². The molecule has 1 aliphatic heterocycles. The van der Waals surface area contributed by atoms with Crippen molar-refractivity contribution in [3.05, 3.63) is 60.2 Å². The SMILES string of the molecule is O=C1C[C@@H]2CC3(OCCO3)[C@@H](/C=C/c3ccc(-c4cccc(F)c4)cn3)[C@@H]2C[C@@H]1F. The van der Waals surface area contributed by atoms with Crippen molar-refractivity contribution in [3.8, 4) is 11.1 Å². The summed E-state index contributed by atoms with van der Waals surface area (Å²) in [5.41, 5.74) is 2.34. The van der Waals surface area contributed by atoms with Crippen LogP contribution in [0.1, 0.15) is 25.0 Å². The number of carbonyl (C=O) groups is 1. The molecule has 0 unspecified atom stereocenters. The van der Waals surface area contributed by atoms with Crippen LogP contribution in [0, 0.1) is 23.6 Å². The van der Waals surface area contributed by atoms with E-state index in [1.807, 2.05) is 30.4 Å². The lowest BCUT2D eigenvalue weighted by Crippen LogP contribution is -2.37. The fraction of sp³-hybridized carbons (Fsp3) is 0.417. The Kier molecular flexibility index (Phi) is 4.99. The second-order valence-electron chi connectivity index (χ2n) is 8.38. The van der Waals surface area contributed by atoms with Gasteiger partial charge in [-0.1, -0.05) is 24.3 Å². The van der Waals surface area contributed by atoms with E-state index in [2.05, 4.69) is 4.98 Å². The van der Waals surface area contributed by atoms with Crippen molar-refractivity contribution >= 4 is 11.9 Å². The van der Waals surface area contributed by atoms with Gasteiger partial charge < -0.3 is 9.47 Å². The maximum atomic E-state index is 14.2. The van der Waals surface area contributed by atoms with Crippen LogP contribution in [0.2, 0.25) is 0 Å². The number of ketones is 1. The van der Waals surface area contributed by atoms with Gasteiger partial charge in [0.15, 0.2) is 17.7 Å². The van der Waals surface area contributed by atoms with E-state index in [0.717, 1.165) is 16.8 Å². The van der Waals surface area contributed by atoms with E-state index in [1.54, 1.807) is 12.3 Å². The number of hydrogen-bond acceptors (Lipinski definition) is 4. The maximum absolute atomic E-state index is 14.2. The molecule has 3 fully saturated rings. The number of alkyl halides is 1. The fourth-order valence-corrected chi connectivity index (χ4v) is 5.21. The summed E-state index contributed by atoms with van der Waals surface area (Å²) >= 11 is 0. The fourth-order valence-electron chi connectivity index (χ4n) is 5.21. The lowest BCUT2D eigenvalue weighted by atomic mass is 9.76. The van der Waals surface area contributed by atoms with Crippen LogP contribution in [-0.4, -0.2) is 35.9 Å². The molecule has 0 amide bonds. The first-order valence-electron chi connectivity index (χ1n) is 10.4. The van der Waals surface area contributed by atoms with Gasteiger partial charge in [-0.05, 0) is 48.1 Å². The molecule has 0 radical (unpaired) electrons. The van der Waals surface area contributed by atoms with E-state index in [4.69, 9.17) is 9.47 Å². The Hall–Kier alpha value is -2.44. The minimum atomic E-state index is -1.40. The zero-order chi connectivity index (χ0) is 20.7. The number of aromatic nitrogens is 1. The zero-order valence-electron chi connectivity index (χ0n) is 16.5. The number of pyridine rings is 1. The number of carbonyl (C=O) groups excluding carboxylic acids is 1. The summed E-state index contributed by atoms with van der Waals surface area (Å²) in [5.74, 6) is -1.38. The highest BCUT2D eigenvalue weighted by Gasteiger charge is 2.58. The number of hydrogen-bond donors (Lipinski definition) is 0. The Labute approximate surface area is 173 Å². The van der Waals surface area contributed by atoms with Gasteiger partial charge in [-0.15, -0.1) is 0 Å². The van der Waals surface area contributed by atoms with Crippen molar-refractivity contribution < 1.29 is 23.0 Å². The van der Waals surface area contributed by atoms with Crippen LogP contribution in [0.25, 0.3) is 17.2 Å². The van der Waals surface area contributed by atoms with E-state index >= 15 is 0 Å². The minimum Gasteiger partial charge on any atom is -0.347 e. The zero-order valence-corrected chi connectivity index (χ0v) is 16.5. The normalized spacial score (nSPS) is 30.3. The summed E-state index contributed by atoms with van der Waals surface area (Å²) < 4.78 is 39.6. The number of nitrogens with zero attached hydrogens (tertiary/aromatic N) is 1. The minimum absolute atomic E-state index is 0.0126. The van der Waals surface area contributed by atoms with Gasteiger partial charge in [0.05, 0.1) is 18.9 Å². The Balaban J connectivity index is 1.38. The first kappa shape index (κ1) is 19.5. The summed E-state index contributed by atoms with van der Waals surface area (Å²) in [5, 5.41) is 0. The van der Waals surface area contributed by atoms with Crippen molar-refractivity contribution in [1.29, 1.82) is 0 Å². The van der Waals surface area contributed by atoms with Crippen molar-refractivity contribution in [1.82, 2.24) is 4.98 Å². The molecule has 1 saturated heterocycles. The standard InChI is InChI=1S/C24H23F2NO3/c25-18-3-1-2-15(10-18)16-4-5-19(27-14-16)6-7-21-20-12-22(26)23(28)11-17(20)13-24(21)29-8-9-30-24/h1-7,10,14,17,20-22H,8-9,11-13H2/b7-6+/t17-,20-,21+,22+/m1/s1. The summed E-state index contributed by atoms with van der Waals surface area (Å²) in [7, 11) is 0. The number of halogens is 2. The monoisotopic (exact) mass is 411 g/mol. The quantitative estimate of drug-likeness (QED) is 0.741. The smallest absolute Gasteiger partial charge is 0.175 e. The van der Waals surface area contributed by atoms with Crippen LogP contribution < -0.4 is 0 Å². The van der Waals surface area contributed by atoms with Crippen LogP contribution in [-0.2, 0) is 14.3 Å². The number of fused-ring (bicyclic) bond motifs is 1. The molecule has 1 spiro atoms. The lowest BCUT2D eigenvalue weighted by molar-refractivity contribution is -0.175. The molecular weight excluding hydrogens is 388 g/mol. The van der Waals surface area contributed by atoms with Crippen LogP contribution in [0.4, 0.5) is 8.78 Å². The third-order valence-corrected chi connectivity index (χ3v) is 6.61. The van der Waals surface area contributed by atoms with Crippen molar-refractivity contribution in [2.45, 2.75) is 31.2 Å². The molecule has 4 atom stereocenters. The first-order chi connectivity index (χ1) is 14.5. The predicted molar refractivity (Wildman–Crippen MR) is 108 cm³/mol. The Bertz CT molecular complexity index is 969. The molecular formula is C24H23F2NO3. The Morgan fingerprint density at radius 1 is 1.13 bits per heavy atom. The van der Waals surface area contributed by atoms with E-state index < -0.39 is 12.0 Å². The molecule has 2 saturated carbocycles. The molecule has 4 nitrogen and oxygen atoms in total. The number of Topliss-reactive ketones (excluding diaryl/α,β-unsaturated/α-hetero) is 1. The molecule has 0 N–H and O–H groups in total. The van der Waals surface area contributed by atoms with Gasteiger partial charge in [-0.25, -0.2) is 8.78 Å². The topological polar surface area (TPSA) is 48.4 Å². The first-order valence-corrected chi connectivity index (χ1v) is 10.4. The summed E-state index contributed by atoms with van der Waals surface area (Å²) in [4.78, 5) is 16.4. The number of benzene rings is 1. The summed E-state index contributed by atoms with van der Waals surface area (Å²) in [6, 6.07) is 10.2. The second-order valence-corrected chi connectivity index (χ2v) is 8.38. The van der Waals surface area contributed by atoms with Crippen molar-refractivity contribution in [2.24, 2.45) is 17.8 Å². The Morgan fingerprint density at radius 2 is 1.97 bits per heavy atom. The summed E-state index contributed by atoms with van der Waals surface area (Å²) in [6.07, 6.45) is 5.31. The van der Waals surface area contributed by atoms with Crippen molar-refractivity contribution in [2.75, 3.05) is 13.2 Å². The van der Waals surface area contributed by atoms with Gasteiger partial charge >= 0.3 is 0 Å². The second kappa shape index (κ2) is 7.67. The molecule has 2 heterocycles. The number of rotatable bonds is 3. The van der Waals surface area contributed by atoms with Crippen LogP contribution in [0.5, 0.6) is 0 Å². The number of ether oxygens (including phenoxy) is 2. The van der Waals surface area contributed by atoms with Gasteiger partial charge in [0.25, 0.3) is 0 Å². The van der Waals surface area contributed by atoms with Crippen molar-refractivity contribution in [3.63, 3.8) is 0 Å². The van der Waals surface area contributed by atoms with Crippen LogP contribution in [0.3, 0.4) is 0 Å². The van der Waals surface area contributed by atoms with Gasteiger partial charge in [-0.2, -0.15) is 0 Å². The van der Waals surface area contributed by atoms with Gasteiger partial charge in [-0.3, -0.25) is 9.78 Å². The molecule has 1 aromatic carbocycles. The van der Waals surface area contributed by atoms with Gasteiger partial charge in [0.1, 0.15) is 5.82 Å². The van der Waals surface area contributed by atoms with Crippen LogP contribution >= 0.6 is 0 Å². The lowest BCUT2D eigenvalue weighted by Gasteiger charge is -2.31. The molecule has 6 heteroatoms. The Morgan fingerprint density at radius 3 is 2.70 bits per heavy atom. The van der Waals surface area contributed by atoms with Gasteiger partial charge in [0, 0.05) is 30.5 Å². The predicted octanol–water partition coefficient (Wildman–Crippen LogP) is 4.60. The molecule has 156 valence electrons. The molecule has 30 heavy (non-hydrogen) atoms. The molecule has 1 aromatic heterocycles.